The van der Waals surface area contributed by atoms with E-state index in [1.807, 2.05) is 6.92 Å². The van der Waals surface area contributed by atoms with E-state index in [2.05, 4.69) is 9.97 Å². The van der Waals surface area contributed by atoms with Crippen LogP contribution in [0.3, 0.4) is 0 Å². The monoisotopic (exact) mass is 168 g/mol. The second-order valence-electron chi connectivity index (χ2n) is 2.64. The highest BCUT2D eigenvalue weighted by Crippen LogP contribution is 2.09. The van der Waals surface area contributed by atoms with E-state index < -0.39 is 0 Å². The molecule has 0 aromatic carbocycles. The maximum Gasteiger partial charge on any atom is 0.257 e. The van der Waals surface area contributed by atoms with Gasteiger partial charge in [-0.15, -0.1) is 0 Å². The molecule has 4 heteroatoms. The minimum absolute atomic E-state index is 0.146. The zero-order valence-corrected chi connectivity index (χ0v) is 7.00. The number of nitrogens with one attached hydrogen (secondary N) is 1. The third-order valence-electron chi connectivity index (χ3n) is 1.71. The van der Waals surface area contributed by atoms with E-state index in [0.29, 0.717) is 12.0 Å². The van der Waals surface area contributed by atoms with Gasteiger partial charge in [0.05, 0.1) is 11.9 Å². The number of hydrogen-bond donors (Lipinski definition) is 2. The first-order valence-electron chi connectivity index (χ1n) is 4.01. The van der Waals surface area contributed by atoms with Crippen LogP contribution in [0.1, 0.15) is 25.3 Å². The Morgan fingerprint density at radius 2 is 2.42 bits per heavy atom. The Bertz CT molecular complexity index is 306. The second kappa shape index (κ2) is 3.90. The van der Waals surface area contributed by atoms with E-state index in [0.717, 1.165) is 12.8 Å². The van der Waals surface area contributed by atoms with Crippen LogP contribution in [0.25, 0.3) is 0 Å². The molecule has 0 aliphatic rings. The molecule has 0 unspecified atom stereocenters. The van der Waals surface area contributed by atoms with Crippen molar-refractivity contribution in [1.82, 2.24) is 9.97 Å². The summed E-state index contributed by atoms with van der Waals surface area (Å²) < 4.78 is 0. The molecule has 12 heavy (non-hydrogen) atoms. The van der Waals surface area contributed by atoms with Crippen LogP contribution in [0.4, 0.5) is 0 Å². The maximum atomic E-state index is 11.1. The van der Waals surface area contributed by atoms with Crippen LogP contribution in [0.5, 0.6) is 5.88 Å². The summed E-state index contributed by atoms with van der Waals surface area (Å²) in [5, 5.41) is 9.19. The summed E-state index contributed by atoms with van der Waals surface area (Å²) in [5.41, 5.74) is 0.148. The molecule has 0 fully saturated rings. The molecule has 0 radical (unpaired) electrons. The van der Waals surface area contributed by atoms with Gasteiger partial charge in [-0.25, -0.2) is 4.98 Å². The first-order valence-corrected chi connectivity index (χ1v) is 4.01. The summed E-state index contributed by atoms with van der Waals surface area (Å²) in [6.45, 7) is 2.03. The predicted molar refractivity (Wildman–Crippen MR) is 45.1 cm³/mol. The van der Waals surface area contributed by atoms with Crippen molar-refractivity contribution in [2.24, 2.45) is 0 Å². The van der Waals surface area contributed by atoms with Gasteiger partial charge in [0, 0.05) is 0 Å². The van der Waals surface area contributed by atoms with Gasteiger partial charge in [0.25, 0.3) is 5.56 Å². The maximum absolute atomic E-state index is 11.1. The molecule has 0 saturated heterocycles. The van der Waals surface area contributed by atoms with Crippen LogP contribution in [0.15, 0.2) is 11.1 Å². The lowest BCUT2D eigenvalue weighted by Gasteiger charge is -1.99. The number of hydrogen-bond acceptors (Lipinski definition) is 3. The second-order valence-corrected chi connectivity index (χ2v) is 2.64. The molecule has 0 spiro atoms. The SMILES string of the molecule is CCCCc1c(O)nc[nH]c1=O. The lowest BCUT2D eigenvalue weighted by molar-refractivity contribution is 0.441. The summed E-state index contributed by atoms with van der Waals surface area (Å²) >= 11 is 0. The standard InChI is InChI=1S/C8H12N2O2/c1-2-3-4-6-7(11)9-5-10-8(6)12/h5H,2-4H2,1H3,(H2,9,10,11,12). The summed E-state index contributed by atoms with van der Waals surface area (Å²) in [7, 11) is 0. The molecule has 66 valence electrons. The van der Waals surface area contributed by atoms with Crippen LogP contribution < -0.4 is 5.56 Å². The minimum atomic E-state index is -0.240. The van der Waals surface area contributed by atoms with Gasteiger partial charge in [-0.3, -0.25) is 4.79 Å². The van der Waals surface area contributed by atoms with Crippen LogP contribution in [0.2, 0.25) is 0 Å². The summed E-state index contributed by atoms with van der Waals surface area (Å²) in [6, 6.07) is 0. The molecule has 0 bridgehead atoms. The van der Waals surface area contributed by atoms with Crippen molar-refractivity contribution in [2.45, 2.75) is 26.2 Å². The van der Waals surface area contributed by atoms with Gasteiger partial charge < -0.3 is 10.1 Å². The Morgan fingerprint density at radius 1 is 1.67 bits per heavy atom. The smallest absolute Gasteiger partial charge is 0.257 e. The first kappa shape index (κ1) is 8.77. The van der Waals surface area contributed by atoms with Gasteiger partial charge in [0.2, 0.25) is 5.88 Å². The molecular formula is C8H12N2O2. The molecule has 0 aliphatic carbocycles. The average Bonchev–Trinajstić information content (AvgIpc) is 2.04. The molecule has 1 aromatic rings. The van der Waals surface area contributed by atoms with Gasteiger partial charge in [-0.1, -0.05) is 13.3 Å². The Hall–Kier alpha value is -1.32. The number of aromatic hydroxyl groups is 1. The van der Waals surface area contributed by atoms with Crippen molar-refractivity contribution in [3.63, 3.8) is 0 Å². The topological polar surface area (TPSA) is 66.0 Å². The van der Waals surface area contributed by atoms with Crippen LogP contribution in [-0.2, 0) is 6.42 Å². The summed E-state index contributed by atoms with van der Waals surface area (Å²) in [5.74, 6) is -0.146. The highest BCUT2D eigenvalue weighted by atomic mass is 16.3. The van der Waals surface area contributed by atoms with E-state index in [9.17, 15) is 9.90 Å². The number of aromatic amines is 1. The van der Waals surface area contributed by atoms with E-state index in [1.165, 1.54) is 6.33 Å². The Morgan fingerprint density at radius 3 is 3.00 bits per heavy atom. The number of unbranched alkanes of at least 4 members (excludes halogenated alkanes) is 1. The van der Waals surface area contributed by atoms with Crippen molar-refractivity contribution in [2.75, 3.05) is 0 Å². The largest absolute Gasteiger partial charge is 0.493 e. The Kier molecular flexibility index (Phi) is 2.85. The van der Waals surface area contributed by atoms with E-state index >= 15 is 0 Å². The fourth-order valence-corrected chi connectivity index (χ4v) is 0.998. The molecule has 0 amide bonds. The van der Waals surface area contributed by atoms with Gasteiger partial charge >= 0.3 is 0 Å². The normalized spacial score (nSPS) is 10.1. The van der Waals surface area contributed by atoms with Gasteiger partial charge in [0.1, 0.15) is 0 Å². The molecule has 4 nitrogen and oxygen atoms in total. The van der Waals surface area contributed by atoms with Crippen LogP contribution in [-0.4, -0.2) is 15.1 Å². The summed E-state index contributed by atoms with van der Waals surface area (Å²) in [4.78, 5) is 17.1. The zero-order valence-electron chi connectivity index (χ0n) is 7.00. The number of aromatic nitrogens is 2. The zero-order chi connectivity index (χ0) is 8.97. The fourth-order valence-electron chi connectivity index (χ4n) is 0.998. The summed E-state index contributed by atoms with van der Waals surface area (Å²) in [6.07, 6.45) is 3.68. The number of nitrogens with zero attached hydrogens (tertiary/aromatic N) is 1. The van der Waals surface area contributed by atoms with Crippen LogP contribution in [0, 0.1) is 0 Å². The number of H-pyrrole nitrogens is 1. The molecule has 2 N–H and O–H groups in total. The quantitative estimate of drug-likeness (QED) is 0.702. The predicted octanol–water partition coefficient (Wildman–Crippen LogP) is 0.818. The van der Waals surface area contributed by atoms with E-state index in [4.69, 9.17) is 0 Å². The van der Waals surface area contributed by atoms with Gasteiger partial charge in [-0.05, 0) is 12.8 Å². The fraction of sp³-hybridized carbons (Fsp3) is 0.500. The molecule has 1 heterocycles. The minimum Gasteiger partial charge on any atom is -0.493 e. The lowest BCUT2D eigenvalue weighted by atomic mass is 10.1. The molecule has 1 aromatic heterocycles. The third kappa shape index (κ3) is 1.84. The van der Waals surface area contributed by atoms with Crippen molar-refractivity contribution in [3.8, 4) is 5.88 Å². The average molecular weight is 168 g/mol. The first-order chi connectivity index (χ1) is 5.75. The van der Waals surface area contributed by atoms with Crippen molar-refractivity contribution < 1.29 is 5.11 Å². The van der Waals surface area contributed by atoms with Crippen molar-refractivity contribution in [1.29, 1.82) is 0 Å². The molecule has 0 aliphatic heterocycles. The molecular weight excluding hydrogens is 156 g/mol. The van der Waals surface area contributed by atoms with Crippen LogP contribution >= 0.6 is 0 Å². The number of rotatable bonds is 3. The third-order valence-corrected chi connectivity index (χ3v) is 1.71. The van der Waals surface area contributed by atoms with Gasteiger partial charge in [-0.2, -0.15) is 0 Å². The molecule has 1 rings (SSSR count). The van der Waals surface area contributed by atoms with E-state index in [-0.39, 0.29) is 11.4 Å². The highest BCUT2D eigenvalue weighted by Gasteiger charge is 2.05. The molecule has 0 saturated carbocycles. The Labute approximate surface area is 70.3 Å². The highest BCUT2D eigenvalue weighted by molar-refractivity contribution is 5.20. The van der Waals surface area contributed by atoms with Crippen molar-refractivity contribution in [3.05, 3.63) is 22.2 Å². The molecule has 0 atom stereocenters. The van der Waals surface area contributed by atoms with Crippen molar-refractivity contribution >= 4 is 0 Å². The van der Waals surface area contributed by atoms with E-state index in [1.54, 1.807) is 0 Å². The van der Waals surface area contributed by atoms with Gasteiger partial charge in [0.15, 0.2) is 0 Å². The Balaban J connectivity index is 2.89. The lowest BCUT2D eigenvalue weighted by Crippen LogP contribution is -2.12.